The van der Waals surface area contributed by atoms with Crippen LogP contribution in [-0.2, 0) is 44.6 Å². The van der Waals surface area contributed by atoms with E-state index in [-0.39, 0.29) is 33.3 Å². The Balaban J connectivity index is -0.000000280. The van der Waals surface area contributed by atoms with Crippen molar-refractivity contribution in [2.75, 3.05) is 72.7 Å². The second kappa shape index (κ2) is 34.8. The molecular formula is C26H67Cl3MgO10Si5. The number of hydrogen-bond donors (Lipinski definition) is 0. The Morgan fingerprint density at radius 3 is 0.778 bits per heavy atom. The molecule has 0 aliphatic carbocycles. The van der Waals surface area contributed by atoms with E-state index in [0.717, 1.165) is 13.2 Å². The van der Waals surface area contributed by atoms with Crippen LogP contribution in [0.4, 0.5) is 0 Å². The zero-order chi connectivity index (χ0) is 33.0. The fraction of sp³-hybridized carbons (Fsp3) is 1.00. The van der Waals surface area contributed by atoms with Gasteiger partial charge in [-0.2, -0.15) is 0 Å². The molecule has 0 atom stereocenters. The van der Waals surface area contributed by atoms with Crippen LogP contribution in [0.2, 0.25) is 17.0 Å². The van der Waals surface area contributed by atoms with Crippen molar-refractivity contribution in [2.24, 2.45) is 0 Å². The first-order valence-corrected chi connectivity index (χ1v) is 29.3. The van der Waals surface area contributed by atoms with Crippen LogP contribution in [0, 0.1) is 0 Å². The van der Waals surface area contributed by atoms with Crippen LogP contribution in [0.5, 0.6) is 0 Å². The van der Waals surface area contributed by atoms with Crippen LogP contribution >= 0.6 is 33.2 Å². The zero-order valence-corrected chi connectivity index (χ0v) is 37.9. The molecule has 45 heavy (non-hydrogen) atoms. The molecule has 1 aliphatic rings. The fourth-order valence-electron chi connectivity index (χ4n) is 4.67. The predicted molar refractivity (Wildman–Crippen MR) is 203 cm³/mol. The van der Waals surface area contributed by atoms with E-state index in [2.05, 4.69) is 0 Å². The topological polar surface area (TPSA) is 92.3 Å². The molecule has 0 radical (unpaired) electrons. The summed E-state index contributed by atoms with van der Waals surface area (Å²) in [6.45, 7) is 22.9. The van der Waals surface area contributed by atoms with Crippen molar-refractivity contribution in [3.05, 3.63) is 0 Å². The minimum atomic E-state index is -2.92. The van der Waals surface area contributed by atoms with E-state index in [1.807, 2.05) is 62.3 Å². The minimum absolute atomic E-state index is 0. The normalized spacial score (nSPS) is 13.5. The third-order valence-electron chi connectivity index (χ3n) is 5.72. The van der Waals surface area contributed by atoms with Gasteiger partial charge in [-0.15, -0.1) is 33.2 Å². The summed E-state index contributed by atoms with van der Waals surface area (Å²) >= 11 is 14.8. The van der Waals surface area contributed by atoms with E-state index in [0.29, 0.717) is 76.5 Å². The molecular weight excluding hydrogens is 743 g/mol. The molecule has 274 valence electrons. The van der Waals surface area contributed by atoms with Crippen LogP contribution in [0.15, 0.2) is 0 Å². The Bertz CT molecular complexity index is 512. The maximum Gasteiger partial charge on any atom is 2.00 e. The summed E-state index contributed by atoms with van der Waals surface area (Å²) in [4.78, 5) is 0. The van der Waals surface area contributed by atoms with Gasteiger partial charge in [-0.1, -0.05) is 7.43 Å². The fourth-order valence-corrected chi connectivity index (χ4v) is 27.7. The molecule has 0 spiro atoms. The third kappa shape index (κ3) is 26.8. The van der Waals surface area contributed by atoms with E-state index in [9.17, 15) is 0 Å². The van der Waals surface area contributed by atoms with Gasteiger partial charge in [0.15, 0.2) is 0 Å². The van der Waals surface area contributed by atoms with Crippen LogP contribution in [0.25, 0.3) is 0 Å². The average molecular weight is 811 g/mol. The van der Waals surface area contributed by atoms with Gasteiger partial charge in [0.1, 0.15) is 0 Å². The molecule has 0 aromatic carbocycles. The first-order chi connectivity index (χ1) is 20.6. The van der Waals surface area contributed by atoms with E-state index in [1.54, 1.807) is 0 Å². The summed E-state index contributed by atoms with van der Waals surface area (Å²) in [5, 5.41) is 0. The summed E-state index contributed by atoms with van der Waals surface area (Å²) in [5.74, 6) is 0. The predicted octanol–water partition coefficient (Wildman–Crippen LogP) is 6.67. The van der Waals surface area contributed by atoms with E-state index < -0.39 is 41.9 Å². The van der Waals surface area contributed by atoms with E-state index >= 15 is 0 Å². The molecule has 0 aromatic heterocycles. The van der Waals surface area contributed by atoms with Crippen molar-refractivity contribution in [3.63, 3.8) is 0 Å². The van der Waals surface area contributed by atoms with Crippen molar-refractivity contribution < 1.29 is 47.4 Å². The van der Waals surface area contributed by atoms with Crippen molar-refractivity contribution >= 4 is 98.2 Å². The molecule has 10 nitrogen and oxygen atoms in total. The molecule has 0 N–H and O–H groups in total. The van der Waals surface area contributed by atoms with Crippen molar-refractivity contribution in [1.82, 2.24) is 0 Å². The summed E-state index contributed by atoms with van der Waals surface area (Å²) in [6, 6.07) is 0. The minimum Gasteiger partial charge on any atom is -1.00 e. The largest absolute Gasteiger partial charge is 2.00 e. The Morgan fingerprint density at radius 2 is 0.667 bits per heavy atom. The van der Waals surface area contributed by atoms with Crippen molar-refractivity contribution in [1.29, 1.82) is 0 Å². The summed E-state index contributed by atoms with van der Waals surface area (Å²) < 4.78 is 61.1. The number of halogens is 3. The monoisotopic (exact) mass is 808 g/mol. The molecule has 1 rings (SSSR count). The van der Waals surface area contributed by atoms with Gasteiger partial charge < -0.3 is 47.4 Å². The second-order valence-corrected chi connectivity index (χ2v) is 28.8. The summed E-state index contributed by atoms with van der Waals surface area (Å²) in [5.41, 5.74) is 2.14. The molecule has 1 aliphatic heterocycles. The van der Waals surface area contributed by atoms with Gasteiger partial charge in [0.25, 0.3) is 0 Å². The Hall–Kier alpha value is 2.32. The Labute approximate surface area is 315 Å². The molecule has 1 fully saturated rings. The first kappa shape index (κ1) is 54.1. The Morgan fingerprint density at radius 1 is 0.489 bits per heavy atom. The average Bonchev–Trinajstić information content (AvgIpc) is 3.50. The van der Waals surface area contributed by atoms with Gasteiger partial charge in [0, 0.05) is 89.7 Å². The van der Waals surface area contributed by atoms with Gasteiger partial charge in [-0.05, 0) is 75.2 Å². The Kier molecular flexibility index (Phi) is 41.8. The summed E-state index contributed by atoms with van der Waals surface area (Å²) in [7, 11) is -10.6. The van der Waals surface area contributed by atoms with E-state index in [1.165, 1.54) is 12.8 Å². The van der Waals surface area contributed by atoms with Crippen molar-refractivity contribution in [3.8, 4) is 0 Å². The summed E-state index contributed by atoms with van der Waals surface area (Å²) in [6.07, 6.45) is 2.56. The molecule has 0 aromatic rings. The second-order valence-electron chi connectivity index (χ2n) is 8.99. The van der Waals surface area contributed by atoms with Crippen LogP contribution in [0.1, 0.15) is 85.4 Å². The molecule has 0 saturated carbocycles. The zero-order valence-electron chi connectivity index (χ0n) is 30.9. The van der Waals surface area contributed by atoms with Gasteiger partial charge in [-0.25, -0.2) is 0 Å². The maximum absolute atomic E-state index is 6.24. The van der Waals surface area contributed by atoms with Gasteiger partial charge in [0.2, 0.25) is 0 Å². The van der Waals surface area contributed by atoms with Crippen LogP contribution < -0.4 is 0 Å². The van der Waals surface area contributed by atoms with Crippen molar-refractivity contribution in [2.45, 2.75) is 99.6 Å². The molecule has 1 heterocycles. The number of ether oxygens (including phenoxy) is 1. The van der Waals surface area contributed by atoms with Crippen LogP contribution in [0.3, 0.4) is 0 Å². The van der Waals surface area contributed by atoms with Gasteiger partial charge in [-0.3, -0.25) is 0 Å². The molecule has 0 unspecified atom stereocenters. The van der Waals surface area contributed by atoms with Gasteiger partial charge in [0.05, 0.1) is 8.80 Å². The SMILES string of the molecule is C.C1CCOC1.CCO[Si](C[SiH](C[Si](OCC)(OCC)OCC)C[Si](OCC)(OCC)OCC)(OCC)OCC.Cl[SiH](Cl)Cl.[H-].[H-].[Mg+2]. The van der Waals surface area contributed by atoms with Gasteiger partial charge >= 0.3 is 56.2 Å². The first-order valence-electron chi connectivity index (χ1n) is 15.8. The molecule has 0 bridgehead atoms. The third-order valence-corrected chi connectivity index (χ3v) is 25.2. The quantitative estimate of drug-likeness (QED) is 0.0778. The van der Waals surface area contributed by atoms with Crippen LogP contribution in [-0.4, -0.2) is 138 Å². The smallest absolute Gasteiger partial charge is 1.00 e. The van der Waals surface area contributed by atoms with E-state index in [4.69, 9.17) is 77.8 Å². The number of rotatable bonds is 24. The molecule has 0 amide bonds. The maximum atomic E-state index is 6.24. The standard InChI is InChI=1S/C21H52O9Si4.C4H8O.CH4.Cl3HSi.Mg.2H/c1-10-22-32(23-11-2,24-12-3)19-31(20-33(25-13-4,26-14-5)27-15-6)21-34(28-16-7,29-17-8)30-18-9;1-2-4-5-3-1;;1-4(2)3;;;/h31H,10-21H2,1-9H3;1-4H2;1H4;4H;;;/q;;;;+2;2*-1. The molecule has 1 saturated heterocycles. The number of hydrogen-bond acceptors (Lipinski definition) is 10. The molecule has 19 heteroatoms.